The molecular formula is C10H14N2O. The van der Waals surface area contributed by atoms with E-state index < -0.39 is 0 Å². The van der Waals surface area contributed by atoms with Crippen molar-refractivity contribution in [1.29, 1.82) is 0 Å². The maximum atomic E-state index is 5.78. The van der Waals surface area contributed by atoms with Crippen molar-refractivity contribution in [1.82, 2.24) is 0 Å². The van der Waals surface area contributed by atoms with E-state index in [0.717, 1.165) is 30.2 Å². The van der Waals surface area contributed by atoms with Gasteiger partial charge in [-0.05, 0) is 24.6 Å². The molecule has 1 heterocycles. The van der Waals surface area contributed by atoms with Gasteiger partial charge in [-0.1, -0.05) is 6.07 Å². The predicted octanol–water partition coefficient (Wildman–Crippen LogP) is 1.51. The van der Waals surface area contributed by atoms with Gasteiger partial charge >= 0.3 is 0 Å². The molecule has 0 amide bonds. The van der Waals surface area contributed by atoms with Crippen LogP contribution in [0.15, 0.2) is 18.2 Å². The zero-order chi connectivity index (χ0) is 9.26. The minimum absolute atomic E-state index is 0.0778. The number of rotatable bonds is 1. The fraction of sp³-hybridized carbons (Fsp3) is 0.400. The largest absolute Gasteiger partial charge is 0.490 e. The van der Waals surface area contributed by atoms with Crippen molar-refractivity contribution < 1.29 is 4.74 Å². The zero-order valence-corrected chi connectivity index (χ0v) is 7.71. The molecule has 0 fully saturated rings. The molecule has 0 saturated carbocycles. The Labute approximate surface area is 77.9 Å². The Kier molecular flexibility index (Phi) is 2.10. The van der Waals surface area contributed by atoms with Crippen molar-refractivity contribution in [2.24, 2.45) is 5.73 Å². The molecule has 3 N–H and O–H groups in total. The Morgan fingerprint density at radius 3 is 3.15 bits per heavy atom. The smallest absolute Gasteiger partial charge is 0.142 e. The SMILES string of the molecule is CC(N)c1ccc2c(c1)NCCO2. The first-order chi connectivity index (χ1) is 6.27. The van der Waals surface area contributed by atoms with Gasteiger partial charge in [-0.25, -0.2) is 0 Å². The van der Waals surface area contributed by atoms with Gasteiger partial charge in [-0.2, -0.15) is 0 Å². The van der Waals surface area contributed by atoms with Gasteiger partial charge < -0.3 is 15.8 Å². The van der Waals surface area contributed by atoms with Gasteiger partial charge in [0.15, 0.2) is 0 Å². The van der Waals surface area contributed by atoms with Crippen LogP contribution in [0, 0.1) is 0 Å². The molecule has 2 rings (SSSR count). The molecular weight excluding hydrogens is 164 g/mol. The van der Waals surface area contributed by atoms with E-state index in [-0.39, 0.29) is 6.04 Å². The molecule has 0 radical (unpaired) electrons. The number of ether oxygens (including phenoxy) is 1. The summed E-state index contributed by atoms with van der Waals surface area (Å²) in [5, 5.41) is 3.28. The van der Waals surface area contributed by atoms with Gasteiger partial charge in [0, 0.05) is 12.6 Å². The van der Waals surface area contributed by atoms with E-state index in [1.165, 1.54) is 0 Å². The minimum atomic E-state index is 0.0778. The number of anilines is 1. The van der Waals surface area contributed by atoms with Gasteiger partial charge in [0.1, 0.15) is 12.4 Å². The first kappa shape index (κ1) is 8.38. The molecule has 0 aromatic heterocycles. The third-order valence-electron chi connectivity index (χ3n) is 2.20. The standard InChI is InChI=1S/C10H14N2O/c1-7(11)8-2-3-10-9(6-8)12-4-5-13-10/h2-3,6-7,12H,4-5,11H2,1H3. The third kappa shape index (κ3) is 1.60. The van der Waals surface area contributed by atoms with Gasteiger partial charge in [0.05, 0.1) is 5.69 Å². The average Bonchev–Trinajstić information content (AvgIpc) is 2.17. The lowest BCUT2D eigenvalue weighted by Crippen LogP contribution is -2.18. The van der Waals surface area contributed by atoms with Crippen molar-refractivity contribution >= 4 is 5.69 Å². The van der Waals surface area contributed by atoms with Crippen LogP contribution in [0.3, 0.4) is 0 Å². The van der Waals surface area contributed by atoms with Gasteiger partial charge in [0.25, 0.3) is 0 Å². The van der Waals surface area contributed by atoms with Crippen molar-refractivity contribution in [3.63, 3.8) is 0 Å². The highest BCUT2D eigenvalue weighted by molar-refractivity contribution is 5.59. The normalized spacial score (nSPS) is 16.8. The molecule has 1 unspecified atom stereocenters. The monoisotopic (exact) mass is 178 g/mol. The van der Waals surface area contributed by atoms with E-state index in [9.17, 15) is 0 Å². The number of fused-ring (bicyclic) bond motifs is 1. The van der Waals surface area contributed by atoms with Crippen molar-refractivity contribution in [3.8, 4) is 5.75 Å². The Morgan fingerprint density at radius 1 is 1.54 bits per heavy atom. The second-order valence-electron chi connectivity index (χ2n) is 3.32. The minimum Gasteiger partial charge on any atom is -0.490 e. The van der Waals surface area contributed by atoms with Crippen LogP contribution in [0.5, 0.6) is 5.75 Å². The molecule has 0 saturated heterocycles. The molecule has 1 atom stereocenters. The molecule has 1 aromatic carbocycles. The molecule has 70 valence electrons. The second kappa shape index (κ2) is 3.26. The Morgan fingerprint density at radius 2 is 2.38 bits per heavy atom. The van der Waals surface area contributed by atoms with Crippen LogP contribution >= 0.6 is 0 Å². The molecule has 1 aliphatic rings. The van der Waals surface area contributed by atoms with Crippen LogP contribution < -0.4 is 15.8 Å². The Bertz CT molecular complexity index is 310. The molecule has 0 spiro atoms. The molecule has 0 bridgehead atoms. The summed E-state index contributed by atoms with van der Waals surface area (Å²) in [5.41, 5.74) is 7.97. The highest BCUT2D eigenvalue weighted by Gasteiger charge is 2.10. The predicted molar refractivity (Wildman–Crippen MR) is 53.0 cm³/mol. The first-order valence-electron chi connectivity index (χ1n) is 4.53. The van der Waals surface area contributed by atoms with Crippen molar-refractivity contribution in [2.75, 3.05) is 18.5 Å². The lowest BCUT2D eigenvalue weighted by molar-refractivity contribution is 0.323. The van der Waals surface area contributed by atoms with Crippen molar-refractivity contribution in [2.45, 2.75) is 13.0 Å². The van der Waals surface area contributed by atoms with E-state index in [1.807, 2.05) is 19.1 Å². The number of hydrogen-bond acceptors (Lipinski definition) is 3. The summed E-state index contributed by atoms with van der Waals surface area (Å²) in [6, 6.07) is 6.12. The topological polar surface area (TPSA) is 47.3 Å². The summed E-state index contributed by atoms with van der Waals surface area (Å²) in [4.78, 5) is 0. The molecule has 13 heavy (non-hydrogen) atoms. The fourth-order valence-electron chi connectivity index (χ4n) is 1.44. The summed E-state index contributed by atoms with van der Waals surface area (Å²) < 4.78 is 5.45. The summed E-state index contributed by atoms with van der Waals surface area (Å²) in [6.07, 6.45) is 0. The summed E-state index contributed by atoms with van der Waals surface area (Å²) >= 11 is 0. The highest BCUT2D eigenvalue weighted by atomic mass is 16.5. The summed E-state index contributed by atoms with van der Waals surface area (Å²) in [7, 11) is 0. The number of nitrogens with one attached hydrogen (secondary N) is 1. The molecule has 1 aromatic rings. The van der Waals surface area contributed by atoms with Crippen LogP contribution in [-0.4, -0.2) is 13.2 Å². The zero-order valence-electron chi connectivity index (χ0n) is 7.71. The summed E-state index contributed by atoms with van der Waals surface area (Å²) in [5.74, 6) is 0.927. The maximum absolute atomic E-state index is 5.78. The van der Waals surface area contributed by atoms with E-state index in [0.29, 0.717) is 0 Å². The second-order valence-corrected chi connectivity index (χ2v) is 3.32. The molecule has 0 aliphatic carbocycles. The van der Waals surface area contributed by atoms with Crippen LogP contribution in [0.25, 0.3) is 0 Å². The van der Waals surface area contributed by atoms with Crippen LogP contribution in [0.1, 0.15) is 18.5 Å². The molecule has 3 heteroatoms. The van der Waals surface area contributed by atoms with Gasteiger partial charge in [-0.3, -0.25) is 0 Å². The number of hydrogen-bond donors (Lipinski definition) is 2. The lowest BCUT2D eigenvalue weighted by atomic mass is 10.1. The maximum Gasteiger partial charge on any atom is 0.142 e. The number of benzene rings is 1. The van der Waals surface area contributed by atoms with E-state index in [1.54, 1.807) is 0 Å². The van der Waals surface area contributed by atoms with Gasteiger partial charge in [0.2, 0.25) is 0 Å². The van der Waals surface area contributed by atoms with Crippen molar-refractivity contribution in [3.05, 3.63) is 23.8 Å². The van der Waals surface area contributed by atoms with E-state index in [4.69, 9.17) is 10.5 Å². The van der Waals surface area contributed by atoms with Gasteiger partial charge in [-0.15, -0.1) is 0 Å². The quantitative estimate of drug-likeness (QED) is 0.685. The molecule has 1 aliphatic heterocycles. The van der Waals surface area contributed by atoms with Crippen LogP contribution in [0.2, 0.25) is 0 Å². The van der Waals surface area contributed by atoms with Crippen LogP contribution in [-0.2, 0) is 0 Å². The lowest BCUT2D eigenvalue weighted by Gasteiger charge is -2.20. The van der Waals surface area contributed by atoms with Crippen LogP contribution in [0.4, 0.5) is 5.69 Å². The Balaban J connectivity index is 2.35. The average molecular weight is 178 g/mol. The summed E-state index contributed by atoms with van der Waals surface area (Å²) in [6.45, 7) is 3.59. The first-order valence-corrected chi connectivity index (χ1v) is 4.53. The molecule has 3 nitrogen and oxygen atoms in total. The Hall–Kier alpha value is -1.22. The fourth-order valence-corrected chi connectivity index (χ4v) is 1.44. The highest BCUT2D eigenvalue weighted by Crippen LogP contribution is 2.29. The van der Waals surface area contributed by atoms with E-state index in [2.05, 4.69) is 11.4 Å². The van der Waals surface area contributed by atoms with E-state index >= 15 is 0 Å². The number of nitrogens with two attached hydrogens (primary N) is 1. The third-order valence-corrected chi connectivity index (χ3v) is 2.20.